The molecule has 3 rings (SSSR count). The van der Waals surface area contributed by atoms with Crippen molar-refractivity contribution in [2.24, 2.45) is 4.99 Å². The zero-order valence-corrected chi connectivity index (χ0v) is 18.6. The molecule has 0 atom stereocenters. The number of halogens is 1. The van der Waals surface area contributed by atoms with E-state index in [-0.39, 0.29) is 29.9 Å². The molecule has 1 saturated heterocycles. The standard InChI is InChI=1S/C19H25N5OS.HI/c1-2-20-19(23-13-17-4-3-11-26-17)22-12-15-5-7-16(8-6-15)24-10-9-21-18(25)14-24;/h3-8,11H,2,9-10,12-14H2,1H3,(H,21,25)(H2,20,22,23);1H. The molecular formula is C19H26IN5OS. The zero-order chi connectivity index (χ0) is 18.2. The Hall–Kier alpha value is -1.81. The van der Waals surface area contributed by atoms with Crippen LogP contribution in [0.15, 0.2) is 46.8 Å². The van der Waals surface area contributed by atoms with Crippen LogP contribution in [0, 0.1) is 0 Å². The maximum Gasteiger partial charge on any atom is 0.239 e. The summed E-state index contributed by atoms with van der Waals surface area (Å²) in [6.45, 7) is 6.25. The Kier molecular flexibility index (Phi) is 8.86. The molecule has 27 heavy (non-hydrogen) atoms. The molecule has 8 heteroatoms. The first-order valence-corrected chi connectivity index (χ1v) is 9.77. The third kappa shape index (κ3) is 6.69. The first kappa shape index (κ1) is 21.5. The molecule has 3 N–H and O–H groups in total. The first-order valence-electron chi connectivity index (χ1n) is 8.89. The second-order valence-corrected chi connectivity index (χ2v) is 7.10. The second kappa shape index (κ2) is 11.1. The molecule has 1 aliphatic heterocycles. The van der Waals surface area contributed by atoms with E-state index in [2.05, 4.69) is 74.5 Å². The summed E-state index contributed by atoms with van der Waals surface area (Å²) in [7, 11) is 0. The molecule has 6 nitrogen and oxygen atoms in total. The Morgan fingerprint density at radius 1 is 1.26 bits per heavy atom. The molecule has 2 aromatic rings. The van der Waals surface area contributed by atoms with Crippen LogP contribution in [-0.4, -0.2) is 38.0 Å². The number of amides is 1. The van der Waals surface area contributed by atoms with Crippen molar-refractivity contribution in [3.63, 3.8) is 0 Å². The third-order valence-corrected chi connectivity index (χ3v) is 4.99. The molecule has 1 aromatic carbocycles. The molecule has 0 saturated carbocycles. The van der Waals surface area contributed by atoms with Gasteiger partial charge in [0.1, 0.15) is 0 Å². The van der Waals surface area contributed by atoms with Crippen LogP contribution in [0.1, 0.15) is 17.4 Å². The number of anilines is 1. The van der Waals surface area contributed by atoms with Crippen LogP contribution in [0.2, 0.25) is 0 Å². The Labute approximate surface area is 181 Å². The van der Waals surface area contributed by atoms with Crippen LogP contribution in [0.5, 0.6) is 0 Å². The van der Waals surface area contributed by atoms with Gasteiger partial charge in [0.05, 0.1) is 19.6 Å². The molecule has 2 heterocycles. The van der Waals surface area contributed by atoms with Gasteiger partial charge >= 0.3 is 0 Å². The van der Waals surface area contributed by atoms with Crippen LogP contribution < -0.4 is 20.9 Å². The summed E-state index contributed by atoms with van der Waals surface area (Å²) in [5, 5.41) is 11.6. The number of nitrogens with one attached hydrogen (secondary N) is 3. The van der Waals surface area contributed by atoms with Crippen molar-refractivity contribution in [3.8, 4) is 0 Å². The number of thiophene rings is 1. The lowest BCUT2D eigenvalue weighted by Gasteiger charge is -2.28. The van der Waals surface area contributed by atoms with Gasteiger partial charge in [0, 0.05) is 30.2 Å². The number of piperazine rings is 1. The maximum atomic E-state index is 11.5. The fraction of sp³-hybridized carbons (Fsp3) is 0.368. The molecule has 0 aliphatic carbocycles. The van der Waals surface area contributed by atoms with E-state index in [1.807, 2.05) is 0 Å². The topological polar surface area (TPSA) is 68.8 Å². The maximum absolute atomic E-state index is 11.5. The smallest absolute Gasteiger partial charge is 0.239 e. The van der Waals surface area contributed by atoms with Crippen molar-refractivity contribution in [1.29, 1.82) is 0 Å². The number of hydrogen-bond acceptors (Lipinski definition) is 4. The van der Waals surface area contributed by atoms with Gasteiger partial charge in [0.15, 0.2) is 5.96 Å². The van der Waals surface area contributed by atoms with Gasteiger partial charge in [-0.25, -0.2) is 4.99 Å². The van der Waals surface area contributed by atoms with E-state index in [1.165, 1.54) is 4.88 Å². The number of aliphatic imine (C=N–C) groups is 1. The number of benzene rings is 1. The Bertz CT molecular complexity index is 733. The fourth-order valence-electron chi connectivity index (χ4n) is 2.77. The van der Waals surface area contributed by atoms with E-state index in [0.717, 1.165) is 36.8 Å². The van der Waals surface area contributed by atoms with Gasteiger partial charge in [-0.2, -0.15) is 0 Å². The van der Waals surface area contributed by atoms with Gasteiger partial charge < -0.3 is 20.9 Å². The van der Waals surface area contributed by atoms with Gasteiger partial charge in [0.2, 0.25) is 5.91 Å². The number of guanidine groups is 1. The van der Waals surface area contributed by atoms with Crippen molar-refractivity contribution < 1.29 is 4.79 Å². The third-order valence-electron chi connectivity index (χ3n) is 4.11. The molecule has 1 amide bonds. The highest BCUT2D eigenvalue weighted by Gasteiger charge is 2.16. The van der Waals surface area contributed by atoms with Gasteiger partial charge in [-0.3, -0.25) is 4.79 Å². The number of rotatable bonds is 6. The monoisotopic (exact) mass is 499 g/mol. The minimum Gasteiger partial charge on any atom is -0.360 e. The lowest BCUT2D eigenvalue weighted by atomic mass is 10.2. The van der Waals surface area contributed by atoms with E-state index in [0.29, 0.717) is 19.6 Å². The first-order chi connectivity index (χ1) is 12.7. The summed E-state index contributed by atoms with van der Waals surface area (Å²) >= 11 is 1.73. The summed E-state index contributed by atoms with van der Waals surface area (Å²) in [5.41, 5.74) is 2.22. The number of carbonyl (C=O) groups excluding carboxylic acids is 1. The van der Waals surface area contributed by atoms with Crippen LogP contribution in [0.3, 0.4) is 0 Å². The van der Waals surface area contributed by atoms with Gasteiger partial charge in [-0.05, 0) is 36.1 Å². The second-order valence-electron chi connectivity index (χ2n) is 6.07. The lowest BCUT2D eigenvalue weighted by molar-refractivity contribution is -0.120. The van der Waals surface area contributed by atoms with Crippen molar-refractivity contribution in [2.75, 3.05) is 31.1 Å². The molecule has 1 aromatic heterocycles. The van der Waals surface area contributed by atoms with E-state index in [9.17, 15) is 4.79 Å². The van der Waals surface area contributed by atoms with Gasteiger partial charge in [-0.15, -0.1) is 35.3 Å². The van der Waals surface area contributed by atoms with Crippen LogP contribution in [0.25, 0.3) is 0 Å². The number of hydrogen-bond donors (Lipinski definition) is 3. The minimum absolute atomic E-state index is 0. The highest BCUT2D eigenvalue weighted by atomic mass is 127. The molecule has 1 aliphatic rings. The van der Waals surface area contributed by atoms with Crippen LogP contribution >= 0.6 is 35.3 Å². The normalized spacial score (nSPS) is 14.3. The molecule has 0 bridgehead atoms. The van der Waals surface area contributed by atoms with Crippen LogP contribution in [-0.2, 0) is 17.9 Å². The van der Waals surface area contributed by atoms with Crippen molar-refractivity contribution in [3.05, 3.63) is 52.2 Å². The summed E-state index contributed by atoms with van der Waals surface area (Å²) in [6, 6.07) is 12.5. The summed E-state index contributed by atoms with van der Waals surface area (Å²) in [6.07, 6.45) is 0. The van der Waals surface area contributed by atoms with E-state index >= 15 is 0 Å². The molecule has 0 unspecified atom stereocenters. The van der Waals surface area contributed by atoms with Gasteiger partial charge in [-0.1, -0.05) is 18.2 Å². The number of carbonyl (C=O) groups is 1. The van der Waals surface area contributed by atoms with Gasteiger partial charge in [0.25, 0.3) is 0 Å². The van der Waals surface area contributed by atoms with Crippen molar-refractivity contribution in [2.45, 2.75) is 20.0 Å². The molecule has 0 spiro atoms. The van der Waals surface area contributed by atoms with Crippen LogP contribution in [0.4, 0.5) is 5.69 Å². The Morgan fingerprint density at radius 2 is 2.07 bits per heavy atom. The zero-order valence-electron chi connectivity index (χ0n) is 15.4. The average molecular weight is 499 g/mol. The van der Waals surface area contributed by atoms with E-state index < -0.39 is 0 Å². The summed E-state index contributed by atoms with van der Waals surface area (Å²) in [5.74, 6) is 0.898. The predicted octanol–water partition coefficient (Wildman–Crippen LogP) is 2.56. The lowest BCUT2D eigenvalue weighted by Crippen LogP contribution is -2.47. The Morgan fingerprint density at radius 3 is 2.74 bits per heavy atom. The van der Waals surface area contributed by atoms with Crippen molar-refractivity contribution >= 4 is 52.9 Å². The molecule has 146 valence electrons. The Balaban J connectivity index is 0.00000261. The minimum atomic E-state index is 0. The quantitative estimate of drug-likeness (QED) is 0.325. The molecule has 1 fully saturated rings. The van der Waals surface area contributed by atoms with E-state index in [1.54, 1.807) is 11.3 Å². The fourth-order valence-corrected chi connectivity index (χ4v) is 3.41. The van der Waals surface area contributed by atoms with E-state index in [4.69, 9.17) is 0 Å². The number of nitrogens with zero attached hydrogens (tertiary/aromatic N) is 2. The average Bonchev–Trinajstić information content (AvgIpc) is 3.18. The molecule has 0 radical (unpaired) electrons. The highest BCUT2D eigenvalue weighted by Crippen LogP contribution is 2.16. The molecular weight excluding hydrogens is 473 g/mol. The highest BCUT2D eigenvalue weighted by molar-refractivity contribution is 14.0. The van der Waals surface area contributed by atoms with Crippen molar-refractivity contribution in [1.82, 2.24) is 16.0 Å². The largest absolute Gasteiger partial charge is 0.360 e. The summed E-state index contributed by atoms with van der Waals surface area (Å²) in [4.78, 5) is 19.6. The summed E-state index contributed by atoms with van der Waals surface area (Å²) < 4.78 is 0. The SMILES string of the molecule is CCNC(=NCc1ccc(N2CCNC(=O)C2)cc1)NCc1cccs1.I. The predicted molar refractivity (Wildman–Crippen MR) is 123 cm³/mol.